The fourth-order valence-corrected chi connectivity index (χ4v) is 2.03. The van der Waals surface area contributed by atoms with Crippen LogP contribution in [0.1, 0.15) is 19.3 Å². The van der Waals surface area contributed by atoms with Crippen molar-refractivity contribution >= 4 is 18.0 Å². The summed E-state index contributed by atoms with van der Waals surface area (Å²) in [6.45, 7) is 1.82. The molecule has 0 saturated carbocycles. The number of urea groups is 1. The summed E-state index contributed by atoms with van der Waals surface area (Å²) in [5, 5.41) is 19.7. The van der Waals surface area contributed by atoms with Gasteiger partial charge in [0, 0.05) is 26.8 Å². The van der Waals surface area contributed by atoms with Crippen molar-refractivity contribution in [3.63, 3.8) is 0 Å². The molecule has 1 heterocycles. The minimum absolute atomic E-state index is 0.322. The molecule has 1 atom stereocenters. The molecule has 0 bridgehead atoms. The van der Waals surface area contributed by atoms with Gasteiger partial charge in [0.25, 0.3) is 0 Å². The van der Waals surface area contributed by atoms with Gasteiger partial charge in [-0.1, -0.05) is 0 Å². The van der Waals surface area contributed by atoms with E-state index in [9.17, 15) is 14.4 Å². The van der Waals surface area contributed by atoms with Gasteiger partial charge in [-0.2, -0.15) is 0 Å². The number of carbonyl (C=O) groups excluding carboxylic acids is 1. The van der Waals surface area contributed by atoms with Crippen LogP contribution in [0.25, 0.3) is 0 Å². The molecule has 0 aromatic carbocycles. The second-order valence-corrected chi connectivity index (χ2v) is 4.87. The summed E-state index contributed by atoms with van der Waals surface area (Å²) in [4.78, 5) is 34.6. The van der Waals surface area contributed by atoms with Crippen LogP contribution in [0.4, 0.5) is 4.79 Å². The van der Waals surface area contributed by atoms with Crippen LogP contribution in [0.5, 0.6) is 0 Å². The van der Waals surface area contributed by atoms with Gasteiger partial charge in [0.1, 0.15) is 6.04 Å². The summed E-state index contributed by atoms with van der Waals surface area (Å²) < 4.78 is 5.22. The number of amides is 2. The first-order chi connectivity index (χ1) is 9.40. The highest BCUT2D eigenvalue weighted by Crippen LogP contribution is 2.15. The van der Waals surface area contributed by atoms with E-state index < -0.39 is 30.4 Å². The molecular weight excluding hydrogens is 268 g/mol. The van der Waals surface area contributed by atoms with Crippen molar-refractivity contribution in [3.8, 4) is 0 Å². The number of nitrogens with one attached hydrogen (secondary N) is 1. The van der Waals surface area contributed by atoms with Crippen molar-refractivity contribution in [1.29, 1.82) is 0 Å². The number of ether oxygens (including phenoxy) is 1. The second kappa shape index (κ2) is 7.68. The number of carbonyl (C=O) groups is 3. The van der Waals surface area contributed by atoms with Crippen LogP contribution in [0.3, 0.4) is 0 Å². The van der Waals surface area contributed by atoms with Gasteiger partial charge in [0.15, 0.2) is 0 Å². The Bertz CT molecular complexity index is 367. The average Bonchev–Trinajstić information content (AvgIpc) is 2.38. The number of carboxylic acids is 2. The molecule has 20 heavy (non-hydrogen) atoms. The first-order valence-electron chi connectivity index (χ1n) is 6.44. The predicted molar refractivity (Wildman–Crippen MR) is 68.4 cm³/mol. The van der Waals surface area contributed by atoms with E-state index in [4.69, 9.17) is 14.9 Å². The van der Waals surface area contributed by atoms with Gasteiger partial charge in [-0.25, -0.2) is 9.59 Å². The molecule has 8 nitrogen and oxygen atoms in total. The molecule has 1 saturated heterocycles. The molecule has 0 radical (unpaired) electrons. The molecule has 0 aromatic heterocycles. The summed E-state index contributed by atoms with van der Waals surface area (Å²) in [5.41, 5.74) is 0. The van der Waals surface area contributed by atoms with Crippen LogP contribution in [-0.4, -0.2) is 65.9 Å². The molecule has 0 spiro atoms. The van der Waals surface area contributed by atoms with Gasteiger partial charge < -0.3 is 25.2 Å². The molecule has 0 aliphatic carbocycles. The number of hydrogen-bond acceptors (Lipinski definition) is 4. The lowest BCUT2D eigenvalue weighted by Gasteiger charge is -2.28. The van der Waals surface area contributed by atoms with Crippen LogP contribution in [-0.2, 0) is 14.3 Å². The van der Waals surface area contributed by atoms with E-state index in [1.165, 1.54) is 4.90 Å². The Morgan fingerprint density at radius 2 is 1.90 bits per heavy atom. The Morgan fingerprint density at radius 3 is 2.40 bits per heavy atom. The summed E-state index contributed by atoms with van der Waals surface area (Å²) >= 11 is 0. The number of aliphatic carboxylic acids is 2. The lowest BCUT2D eigenvalue weighted by Crippen LogP contribution is -2.48. The largest absolute Gasteiger partial charge is 0.481 e. The van der Waals surface area contributed by atoms with Crippen molar-refractivity contribution in [2.75, 3.05) is 26.8 Å². The van der Waals surface area contributed by atoms with Gasteiger partial charge >= 0.3 is 18.0 Å². The van der Waals surface area contributed by atoms with E-state index in [1.54, 1.807) is 7.05 Å². The van der Waals surface area contributed by atoms with Crippen LogP contribution in [0.2, 0.25) is 0 Å². The Hall–Kier alpha value is -1.83. The minimum Gasteiger partial charge on any atom is -0.481 e. The Kier molecular flexibility index (Phi) is 6.23. The van der Waals surface area contributed by atoms with Crippen molar-refractivity contribution < 1.29 is 29.3 Å². The number of nitrogens with zero attached hydrogens (tertiary/aromatic N) is 1. The fourth-order valence-electron chi connectivity index (χ4n) is 2.03. The van der Waals surface area contributed by atoms with Gasteiger partial charge in [-0.15, -0.1) is 0 Å². The Balaban J connectivity index is 2.45. The van der Waals surface area contributed by atoms with E-state index in [0.717, 1.165) is 12.8 Å². The Morgan fingerprint density at radius 1 is 1.30 bits per heavy atom. The maximum absolute atomic E-state index is 11.8. The third-order valence-electron chi connectivity index (χ3n) is 3.19. The highest BCUT2D eigenvalue weighted by molar-refractivity contribution is 5.86. The summed E-state index contributed by atoms with van der Waals surface area (Å²) in [5.74, 6) is -2.31. The zero-order chi connectivity index (χ0) is 15.1. The first-order valence-corrected chi connectivity index (χ1v) is 6.44. The maximum atomic E-state index is 11.8. The Labute approximate surface area is 116 Å². The first kappa shape index (κ1) is 16.2. The summed E-state index contributed by atoms with van der Waals surface area (Å²) in [6, 6.07) is -2.00. The standard InChI is InChI=1S/C12H20N2O6/c1-14(7-8-2-4-20-5-3-8)12(19)13-9(11(17)18)6-10(15)16/h8-9H,2-7H2,1H3,(H,13,19)(H,15,16)(H,17,18). The minimum atomic E-state index is -1.42. The number of rotatable bonds is 6. The average molecular weight is 288 g/mol. The number of carboxylic acid groups (broad SMARTS) is 2. The lowest BCUT2D eigenvalue weighted by molar-refractivity contribution is -0.145. The molecule has 2 amide bonds. The highest BCUT2D eigenvalue weighted by atomic mass is 16.5. The quantitative estimate of drug-likeness (QED) is 0.632. The maximum Gasteiger partial charge on any atom is 0.326 e. The third kappa shape index (κ3) is 5.43. The molecule has 1 unspecified atom stereocenters. The van der Waals surface area contributed by atoms with E-state index in [2.05, 4.69) is 5.32 Å². The predicted octanol–water partition coefficient (Wildman–Crippen LogP) is -0.0177. The van der Waals surface area contributed by atoms with Gasteiger partial charge in [0.2, 0.25) is 0 Å². The molecule has 1 aliphatic rings. The van der Waals surface area contributed by atoms with E-state index in [-0.39, 0.29) is 0 Å². The van der Waals surface area contributed by atoms with Crippen LogP contribution in [0, 0.1) is 5.92 Å². The zero-order valence-corrected chi connectivity index (χ0v) is 11.4. The molecule has 1 aliphatic heterocycles. The lowest BCUT2D eigenvalue weighted by atomic mass is 10.00. The van der Waals surface area contributed by atoms with Crippen LogP contribution < -0.4 is 5.32 Å². The summed E-state index contributed by atoms with van der Waals surface area (Å²) in [7, 11) is 1.56. The molecule has 3 N–H and O–H groups in total. The molecule has 0 aromatic rings. The summed E-state index contributed by atoms with van der Waals surface area (Å²) in [6.07, 6.45) is 1.07. The molecule has 1 fully saturated rings. The topological polar surface area (TPSA) is 116 Å². The fraction of sp³-hybridized carbons (Fsp3) is 0.750. The molecule has 8 heteroatoms. The van der Waals surface area contributed by atoms with Gasteiger partial charge in [-0.05, 0) is 18.8 Å². The third-order valence-corrected chi connectivity index (χ3v) is 3.19. The monoisotopic (exact) mass is 288 g/mol. The molecule has 1 rings (SSSR count). The van der Waals surface area contributed by atoms with Crippen molar-refractivity contribution in [2.24, 2.45) is 5.92 Å². The van der Waals surface area contributed by atoms with E-state index in [1.807, 2.05) is 0 Å². The van der Waals surface area contributed by atoms with Crippen molar-refractivity contribution in [1.82, 2.24) is 10.2 Å². The van der Waals surface area contributed by atoms with Crippen LogP contribution in [0.15, 0.2) is 0 Å². The molecule has 114 valence electrons. The highest BCUT2D eigenvalue weighted by Gasteiger charge is 2.25. The van der Waals surface area contributed by atoms with Crippen LogP contribution >= 0.6 is 0 Å². The smallest absolute Gasteiger partial charge is 0.326 e. The van der Waals surface area contributed by atoms with E-state index >= 15 is 0 Å². The second-order valence-electron chi connectivity index (χ2n) is 4.87. The normalized spacial score (nSPS) is 17.2. The van der Waals surface area contributed by atoms with Crippen molar-refractivity contribution in [2.45, 2.75) is 25.3 Å². The van der Waals surface area contributed by atoms with Crippen molar-refractivity contribution in [3.05, 3.63) is 0 Å². The molecular formula is C12H20N2O6. The zero-order valence-electron chi connectivity index (χ0n) is 11.4. The SMILES string of the molecule is CN(CC1CCOCC1)C(=O)NC(CC(=O)O)C(=O)O. The van der Waals surface area contributed by atoms with Gasteiger partial charge in [-0.3, -0.25) is 4.79 Å². The van der Waals surface area contributed by atoms with Gasteiger partial charge in [0.05, 0.1) is 6.42 Å². The van der Waals surface area contributed by atoms with E-state index in [0.29, 0.717) is 25.7 Å². The number of hydrogen-bond donors (Lipinski definition) is 3.